The summed E-state index contributed by atoms with van der Waals surface area (Å²) in [6.45, 7) is 2.66. The Morgan fingerprint density at radius 2 is 2.21 bits per heavy atom. The zero-order valence-corrected chi connectivity index (χ0v) is 10.9. The van der Waals surface area contributed by atoms with Crippen molar-refractivity contribution in [3.05, 3.63) is 35.4 Å². The molecule has 0 spiro atoms. The van der Waals surface area contributed by atoms with Crippen LogP contribution in [-0.4, -0.2) is 48.3 Å². The minimum atomic E-state index is -0.309. The molecular weight excluding hydrogens is 244 g/mol. The molecule has 19 heavy (non-hydrogen) atoms. The molecule has 3 N–H and O–H groups in total. The van der Waals surface area contributed by atoms with Crippen LogP contribution in [0.25, 0.3) is 0 Å². The molecule has 1 heterocycles. The Labute approximate surface area is 112 Å². The summed E-state index contributed by atoms with van der Waals surface area (Å²) in [6, 6.07) is 7.26. The summed E-state index contributed by atoms with van der Waals surface area (Å²) >= 11 is 0. The number of nitrogens with two attached hydrogens (primary N) is 1. The van der Waals surface area contributed by atoms with Gasteiger partial charge in [0.25, 0.3) is 5.91 Å². The Bertz CT molecular complexity index is 489. The first-order valence-corrected chi connectivity index (χ1v) is 6.16. The SMILES string of the molecule is CN1CCN(Cc2cccc(C(=O)NN)c2)CC1=O. The smallest absolute Gasteiger partial charge is 0.265 e. The predicted octanol–water partition coefficient (Wildman–Crippen LogP) is -0.436. The summed E-state index contributed by atoms with van der Waals surface area (Å²) < 4.78 is 0. The van der Waals surface area contributed by atoms with E-state index in [1.807, 2.05) is 19.2 Å². The lowest BCUT2D eigenvalue weighted by Crippen LogP contribution is -2.47. The number of hydrazine groups is 1. The van der Waals surface area contributed by atoms with Crippen LogP contribution in [0, 0.1) is 0 Å². The van der Waals surface area contributed by atoms with Gasteiger partial charge >= 0.3 is 0 Å². The van der Waals surface area contributed by atoms with E-state index in [-0.39, 0.29) is 11.8 Å². The lowest BCUT2D eigenvalue weighted by atomic mass is 10.1. The molecule has 0 saturated carbocycles. The maximum absolute atomic E-state index is 11.6. The second kappa shape index (κ2) is 5.81. The fourth-order valence-electron chi connectivity index (χ4n) is 2.09. The van der Waals surface area contributed by atoms with Crippen molar-refractivity contribution in [3.63, 3.8) is 0 Å². The first-order valence-electron chi connectivity index (χ1n) is 6.16. The van der Waals surface area contributed by atoms with Gasteiger partial charge in [0.05, 0.1) is 6.54 Å². The largest absolute Gasteiger partial charge is 0.343 e. The molecule has 0 bridgehead atoms. The lowest BCUT2D eigenvalue weighted by molar-refractivity contribution is -0.134. The normalized spacial score (nSPS) is 16.5. The van der Waals surface area contributed by atoms with Gasteiger partial charge in [0.2, 0.25) is 5.91 Å². The molecule has 2 rings (SSSR count). The van der Waals surface area contributed by atoms with Gasteiger partial charge in [0.1, 0.15) is 0 Å². The van der Waals surface area contributed by atoms with Gasteiger partial charge in [-0.2, -0.15) is 0 Å². The number of carbonyl (C=O) groups excluding carboxylic acids is 2. The number of likely N-dealkylation sites (N-methyl/N-ethyl adjacent to an activating group) is 1. The number of rotatable bonds is 3. The number of piperazine rings is 1. The summed E-state index contributed by atoms with van der Waals surface area (Å²) in [5, 5.41) is 0. The second-order valence-electron chi connectivity index (χ2n) is 4.70. The number of hydrogen-bond donors (Lipinski definition) is 2. The average molecular weight is 262 g/mol. The molecular formula is C13H18N4O2. The Hall–Kier alpha value is -1.92. The van der Waals surface area contributed by atoms with E-state index >= 15 is 0 Å². The highest BCUT2D eigenvalue weighted by Crippen LogP contribution is 2.10. The predicted molar refractivity (Wildman–Crippen MR) is 71.0 cm³/mol. The maximum Gasteiger partial charge on any atom is 0.265 e. The van der Waals surface area contributed by atoms with E-state index in [0.717, 1.165) is 18.7 Å². The Kier molecular flexibility index (Phi) is 4.13. The number of hydrogen-bond acceptors (Lipinski definition) is 4. The third-order valence-corrected chi connectivity index (χ3v) is 3.26. The topological polar surface area (TPSA) is 78.7 Å². The van der Waals surface area contributed by atoms with Gasteiger partial charge in [-0.3, -0.25) is 19.9 Å². The van der Waals surface area contributed by atoms with Crippen LogP contribution in [-0.2, 0) is 11.3 Å². The minimum Gasteiger partial charge on any atom is -0.343 e. The molecule has 6 heteroatoms. The number of benzene rings is 1. The van der Waals surface area contributed by atoms with Crippen molar-refractivity contribution in [2.75, 3.05) is 26.7 Å². The third-order valence-electron chi connectivity index (χ3n) is 3.26. The molecule has 0 aromatic heterocycles. The van der Waals surface area contributed by atoms with Gasteiger partial charge < -0.3 is 4.90 Å². The summed E-state index contributed by atoms with van der Waals surface area (Å²) in [5.41, 5.74) is 3.64. The standard InChI is InChI=1S/C13H18N4O2/c1-16-5-6-17(9-12(16)18)8-10-3-2-4-11(7-10)13(19)15-14/h2-4,7H,5-6,8-9,14H2,1H3,(H,15,19). The average Bonchev–Trinajstić information content (AvgIpc) is 2.42. The van der Waals surface area contributed by atoms with Crippen molar-refractivity contribution in [2.45, 2.75) is 6.54 Å². The van der Waals surface area contributed by atoms with Crippen LogP contribution < -0.4 is 11.3 Å². The first-order chi connectivity index (χ1) is 9.10. The van der Waals surface area contributed by atoms with Gasteiger partial charge in [-0.25, -0.2) is 5.84 Å². The highest BCUT2D eigenvalue weighted by Gasteiger charge is 2.20. The first kappa shape index (κ1) is 13.5. The van der Waals surface area contributed by atoms with Crippen LogP contribution in [0.5, 0.6) is 0 Å². The molecule has 1 aromatic rings. The van der Waals surface area contributed by atoms with E-state index in [1.165, 1.54) is 0 Å². The van der Waals surface area contributed by atoms with Gasteiger partial charge in [0, 0.05) is 32.2 Å². The van der Waals surface area contributed by atoms with Crippen molar-refractivity contribution in [1.29, 1.82) is 0 Å². The van der Waals surface area contributed by atoms with Gasteiger partial charge in [-0.15, -0.1) is 0 Å². The van der Waals surface area contributed by atoms with Crippen LogP contribution in [0.15, 0.2) is 24.3 Å². The number of nitrogen functional groups attached to an aromatic ring is 1. The zero-order valence-electron chi connectivity index (χ0n) is 10.9. The summed E-state index contributed by atoms with van der Waals surface area (Å²) in [4.78, 5) is 26.9. The van der Waals surface area contributed by atoms with E-state index < -0.39 is 0 Å². The van der Waals surface area contributed by atoms with Gasteiger partial charge in [0.15, 0.2) is 0 Å². The minimum absolute atomic E-state index is 0.127. The summed E-state index contributed by atoms with van der Waals surface area (Å²) in [6.07, 6.45) is 0. The van der Waals surface area contributed by atoms with Crippen molar-refractivity contribution < 1.29 is 9.59 Å². The molecule has 102 valence electrons. The van der Waals surface area contributed by atoms with E-state index in [1.54, 1.807) is 17.0 Å². The van der Waals surface area contributed by atoms with E-state index in [9.17, 15) is 9.59 Å². The van der Waals surface area contributed by atoms with E-state index in [0.29, 0.717) is 18.7 Å². The van der Waals surface area contributed by atoms with E-state index in [2.05, 4.69) is 10.3 Å². The molecule has 0 aliphatic carbocycles. The molecule has 1 fully saturated rings. The Morgan fingerprint density at radius 3 is 2.89 bits per heavy atom. The van der Waals surface area contributed by atoms with Gasteiger partial charge in [-0.1, -0.05) is 12.1 Å². The molecule has 1 aliphatic heterocycles. The van der Waals surface area contributed by atoms with Crippen LogP contribution in [0.1, 0.15) is 15.9 Å². The quantitative estimate of drug-likeness (QED) is 0.440. The number of nitrogens with zero attached hydrogens (tertiary/aromatic N) is 2. The zero-order chi connectivity index (χ0) is 13.8. The van der Waals surface area contributed by atoms with Crippen molar-refractivity contribution in [1.82, 2.24) is 15.2 Å². The fraction of sp³-hybridized carbons (Fsp3) is 0.385. The van der Waals surface area contributed by atoms with Crippen molar-refractivity contribution in [3.8, 4) is 0 Å². The highest BCUT2D eigenvalue weighted by atomic mass is 16.2. The molecule has 1 saturated heterocycles. The van der Waals surface area contributed by atoms with Crippen LogP contribution in [0.2, 0.25) is 0 Å². The number of nitrogens with one attached hydrogen (secondary N) is 1. The monoisotopic (exact) mass is 262 g/mol. The van der Waals surface area contributed by atoms with Gasteiger partial charge in [-0.05, 0) is 17.7 Å². The second-order valence-corrected chi connectivity index (χ2v) is 4.70. The Morgan fingerprint density at radius 1 is 1.42 bits per heavy atom. The third kappa shape index (κ3) is 3.30. The molecule has 1 aliphatic rings. The molecule has 0 atom stereocenters. The molecule has 0 unspecified atom stereocenters. The lowest BCUT2D eigenvalue weighted by Gasteiger charge is -2.31. The number of amides is 2. The Balaban J connectivity index is 2.03. The van der Waals surface area contributed by atoms with Crippen molar-refractivity contribution >= 4 is 11.8 Å². The van der Waals surface area contributed by atoms with Crippen molar-refractivity contribution in [2.24, 2.45) is 5.84 Å². The molecule has 2 amide bonds. The maximum atomic E-state index is 11.6. The van der Waals surface area contributed by atoms with Crippen LogP contribution in [0.3, 0.4) is 0 Å². The van der Waals surface area contributed by atoms with Crippen LogP contribution in [0.4, 0.5) is 0 Å². The molecule has 0 radical (unpaired) electrons. The van der Waals surface area contributed by atoms with E-state index in [4.69, 9.17) is 5.84 Å². The molecule has 1 aromatic carbocycles. The molecule has 6 nitrogen and oxygen atoms in total. The summed E-state index contributed by atoms with van der Waals surface area (Å²) in [5.74, 6) is 4.93. The highest BCUT2D eigenvalue weighted by molar-refractivity contribution is 5.93. The van der Waals surface area contributed by atoms with Crippen LogP contribution >= 0.6 is 0 Å². The summed E-state index contributed by atoms with van der Waals surface area (Å²) in [7, 11) is 1.81. The number of carbonyl (C=O) groups is 2. The fourth-order valence-corrected chi connectivity index (χ4v) is 2.09.